The maximum absolute atomic E-state index is 9.83. The van der Waals surface area contributed by atoms with Gasteiger partial charge in [-0.15, -0.1) is 0 Å². The third kappa shape index (κ3) is 5.39. The smallest absolute Gasteiger partial charge is 0.319 e. The number of carbonyl (C=O) groups excluding carboxylic acids is 1. The van der Waals surface area contributed by atoms with Crippen molar-refractivity contribution in [3.8, 4) is 0 Å². The molecule has 4 nitrogen and oxygen atoms in total. The summed E-state index contributed by atoms with van der Waals surface area (Å²) in [4.78, 5) is 9.83. The predicted octanol–water partition coefficient (Wildman–Crippen LogP) is -0.720. The second kappa shape index (κ2) is 5.39. The first-order valence-corrected chi connectivity index (χ1v) is 1.58. The fourth-order valence-corrected chi connectivity index (χ4v) is 0.0833. The molecule has 0 aliphatic rings. The van der Waals surface area contributed by atoms with Gasteiger partial charge >= 0.3 is 5.97 Å². The van der Waals surface area contributed by atoms with Crippen LogP contribution >= 0.6 is 0 Å². The van der Waals surface area contributed by atoms with Gasteiger partial charge in [-0.1, -0.05) is 0 Å². The Bertz CT molecular complexity index is 48.9. The molecule has 0 amide bonds. The van der Waals surface area contributed by atoms with Crippen LogP contribution in [-0.4, -0.2) is 19.6 Å². The lowest BCUT2D eigenvalue weighted by Gasteiger charge is -1.87. The van der Waals surface area contributed by atoms with Gasteiger partial charge < -0.3 is 16.6 Å². The molecule has 0 aromatic carbocycles. The van der Waals surface area contributed by atoms with Gasteiger partial charge in [-0.25, -0.2) is 0 Å². The second-order valence-corrected chi connectivity index (χ2v) is 0.780. The van der Waals surface area contributed by atoms with Crippen LogP contribution in [0.2, 0.25) is 0 Å². The van der Waals surface area contributed by atoms with E-state index >= 15 is 0 Å². The van der Waals surface area contributed by atoms with Crippen molar-refractivity contribution in [2.45, 2.75) is 0 Å². The molecule has 0 saturated carbocycles. The predicted molar refractivity (Wildman–Crippen MR) is 26.1 cm³/mol. The SMILES string of the molecule is COC(=O)CN.N. The van der Waals surface area contributed by atoms with Crippen LogP contribution in [-0.2, 0) is 9.53 Å². The largest absolute Gasteiger partial charge is 0.468 e. The molecule has 0 rings (SSSR count). The minimum Gasteiger partial charge on any atom is -0.468 e. The van der Waals surface area contributed by atoms with Crippen LogP contribution < -0.4 is 11.9 Å². The Morgan fingerprint density at radius 3 is 2.29 bits per heavy atom. The first-order valence-electron chi connectivity index (χ1n) is 1.58. The highest BCUT2D eigenvalue weighted by Crippen LogP contribution is 1.61. The molecule has 0 fully saturated rings. The number of hydrogen-bond donors (Lipinski definition) is 2. The molecular formula is C3H10N2O2. The number of hydrogen-bond acceptors (Lipinski definition) is 4. The Hall–Kier alpha value is -0.610. The molecular weight excluding hydrogens is 96.0 g/mol. The van der Waals surface area contributed by atoms with E-state index in [1.54, 1.807) is 0 Å². The monoisotopic (exact) mass is 106 g/mol. The van der Waals surface area contributed by atoms with Crippen molar-refractivity contribution in [2.24, 2.45) is 5.73 Å². The van der Waals surface area contributed by atoms with E-state index in [-0.39, 0.29) is 18.7 Å². The van der Waals surface area contributed by atoms with Crippen molar-refractivity contribution in [1.29, 1.82) is 0 Å². The number of carbonyl (C=O) groups is 1. The van der Waals surface area contributed by atoms with Gasteiger partial charge in [0.05, 0.1) is 13.7 Å². The molecule has 0 radical (unpaired) electrons. The van der Waals surface area contributed by atoms with Crippen molar-refractivity contribution in [2.75, 3.05) is 13.7 Å². The number of esters is 1. The van der Waals surface area contributed by atoms with Crippen molar-refractivity contribution in [3.63, 3.8) is 0 Å². The molecule has 0 aliphatic carbocycles. The zero-order valence-electron chi connectivity index (χ0n) is 4.31. The van der Waals surface area contributed by atoms with Gasteiger partial charge in [-0.2, -0.15) is 0 Å². The molecule has 5 N–H and O–H groups in total. The topological polar surface area (TPSA) is 87.3 Å². The third-order valence-electron chi connectivity index (χ3n) is 0.394. The standard InChI is InChI=1S/C3H7NO2.H3N/c1-6-3(5)2-4;/h2,4H2,1H3;1H3. The number of methoxy groups -OCH3 is 1. The minimum atomic E-state index is -0.380. The summed E-state index contributed by atoms with van der Waals surface area (Å²) in [5, 5.41) is 0. The quantitative estimate of drug-likeness (QED) is 0.432. The lowest BCUT2D eigenvalue weighted by atomic mass is 10.7. The fourth-order valence-electron chi connectivity index (χ4n) is 0.0833. The Morgan fingerprint density at radius 1 is 1.86 bits per heavy atom. The summed E-state index contributed by atoms with van der Waals surface area (Å²) in [7, 11) is 1.30. The van der Waals surface area contributed by atoms with Gasteiger partial charge in [0.15, 0.2) is 0 Å². The summed E-state index contributed by atoms with van der Waals surface area (Å²) < 4.78 is 4.14. The van der Waals surface area contributed by atoms with Crippen LogP contribution in [0.1, 0.15) is 0 Å². The Balaban J connectivity index is 0. The van der Waals surface area contributed by atoms with E-state index in [2.05, 4.69) is 4.74 Å². The maximum Gasteiger partial charge on any atom is 0.319 e. The van der Waals surface area contributed by atoms with Gasteiger partial charge in [-0.3, -0.25) is 4.79 Å². The lowest BCUT2D eigenvalue weighted by molar-refractivity contribution is -0.138. The van der Waals surface area contributed by atoms with Crippen LogP contribution in [0.3, 0.4) is 0 Å². The molecule has 0 unspecified atom stereocenters. The van der Waals surface area contributed by atoms with E-state index < -0.39 is 0 Å². The molecule has 0 bridgehead atoms. The van der Waals surface area contributed by atoms with Crippen LogP contribution in [0, 0.1) is 0 Å². The van der Waals surface area contributed by atoms with Gasteiger partial charge in [0, 0.05) is 0 Å². The molecule has 0 aromatic heterocycles. The second-order valence-electron chi connectivity index (χ2n) is 0.780. The number of ether oxygens (including phenoxy) is 1. The van der Waals surface area contributed by atoms with E-state index in [0.29, 0.717) is 0 Å². The first-order chi connectivity index (χ1) is 2.81. The molecule has 0 saturated heterocycles. The van der Waals surface area contributed by atoms with Crippen LogP contribution in [0.15, 0.2) is 0 Å². The van der Waals surface area contributed by atoms with E-state index in [1.165, 1.54) is 7.11 Å². The molecule has 0 heterocycles. The summed E-state index contributed by atoms with van der Waals surface area (Å²) in [5.74, 6) is -0.380. The van der Waals surface area contributed by atoms with Crippen LogP contribution in [0.25, 0.3) is 0 Å². The van der Waals surface area contributed by atoms with Crippen molar-refractivity contribution in [3.05, 3.63) is 0 Å². The molecule has 44 valence electrons. The molecule has 7 heavy (non-hydrogen) atoms. The molecule has 4 heteroatoms. The highest BCUT2D eigenvalue weighted by molar-refractivity contribution is 5.70. The molecule has 0 aromatic rings. The highest BCUT2D eigenvalue weighted by Gasteiger charge is 1.87. The van der Waals surface area contributed by atoms with Crippen LogP contribution in [0.4, 0.5) is 0 Å². The maximum atomic E-state index is 9.83. The molecule has 0 spiro atoms. The lowest BCUT2D eigenvalue weighted by Crippen LogP contribution is -2.14. The first kappa shape index (κ1) is 9.63. The average Bonchev–Trinajstić information content (AvgIpc) is 1.65. The Morgan fingerprint density at radius 2 is 2.29 bits per heavy atom. The highest BCUT2D eigenvalue weighted by atomic mass is 16.5. The van der Waals surface area contributed by atoms with Gasteiger partial charge in [-0.05, 0) is 0 Å². The van der Waals surface area contributed by atoms with Crippen molar-refractivity contribution >= 4 is 5.97 Å². The Labute approximate surface area is 42.2 Å². The van der Waals surface area contributed by atoms with Crippen molar-refractivity contribution in [1.82, 2.24) is 6.15 Å². The van der Waals surface area contributed by atoms with E-state index in [9.17, 15) is 4.79 Å². The third-order valence-corrected chi connectivity index (χ3v) is 0.394. The minimum absolute atomic E-state index is 0. The summed E-state index contributed by atoms with van der Waals surface area (Å²) >= 11 is 0. The zero-order valence-corrected chi connectivity index (χ0v) is 4.31. The summed E-state index contributed by atoms with van der Waals surface area (Å²) in [5.41, 5.74) is 4.81. The van der Waals surface area contributed by atoms with Gasteiger partial charge in [0.25, 0.3) is 0 Å². The van der Waals surface area contributed by atoms with E-state index in [0.717, 1.165) is 0 Å². The molecule has 0 atom stereocenters. The molecule has 0 aliphatic heterocycles. The number of rotatable bonds is 1. The van der Waals surface area contributed by atoms with Gasteiger partial charge in [0.2, 0.25) is 0 Å². The normalized spacial score (nSPS) is 6.57. The summed E-state index contributed by atoms with van der Waals surface area (Å²) in [6.07, 6.45) is 0. The Kier molecular flexibility index (Phi) is 7.42. The summed E-state index contributed by atoms with van der Waals surface area (Å²) in [6, 6.07) is 0. The summed E-state index contributed by atoms with van der Waals surface area (Å²) in [6.45, 7) is -0.0312. The number of nitrogens with two attached hydrogens (primary N) is 1. The van der Waals surface area contributed by atoms with E-state index in [4.69, 9.17) is 5.73 Å². The zero-order chi connectivity index (χ0) is 4.99. The van der Waals surface area contributed by atoms with Crippen molar-refractivity contribution < 1.29 is 9.53 Å². The van der Waals surface area contributed by atoms with E-state index in [1.807, 2.05) is 0 Å². The fraction of sp³-hybridized carbons (Fsp3) is 0.667. The van der Waals surface area contributed by atoms with Gasteiger partial charge in [0.1, 0.15) is 0 Å². The van der Waals surface area contributed by atoms with Crippen LogP contribution in [0.5, 0.6) is 0 Å². The average molecular weight is 106 g/mol.